The molecule has 0 radical (unpaired) electrons. The maximum absolute atomic E-state index is 9.93. The van der Waals surface area contributed by atoms with Gasteiger partial charge in [-0.1, -0.05) is 13.3 Å². The van der Waals surface area contributed by atoms with Crippen molar-refractivity contribution in [3.05, 3.63) is 0 Å². The third-order valence-corrected chi connectivity index (χ3v) is 0.524. The minimum atomic E-state index is -0.664. The van der Waals surface area contributed by atoms with Gasteiger partial charge in [0.1, 0.15) is 0 Å². The minimum Gasteiger partial charge on any atom is -0.854 e. The van der Waals surface area contributed by atoms with Crippen molar-refractivity contribution in [2.75, 3.05) is 6.61 Å². The molecule has 3 heteroatoms. The quantitative estimate of drug-likeness (QED) is 0.408. The number of hydrogen-bond donors (Lipinski definition) is 0. The first-order valence-corrected chi connectivity index (χ1v) is 2.01. The Labute approximate surface area is 73.5 Å². The molecule has 1 unspecified atom stereocenters. The number of hydrogen-bond acceptors (Lipinski definition) is 2. The molecule has 38 valence electrons. The van der Waals surface area contributed by atoms with Crippen LogP contribution in [0.1, 0.15) is 13.3 Å². The van der Waals surface area contributed by atoms with Gasteiger partial charge in [-0.15, -0.1) is 12.7 Å². The van der Waals surface area contributed by atoms with E-state index in [2.05, 4.69) is 0 Å². The van der Waals surface area contributed by atoms with Gasteiger partial charge in [-0.05, 0) is 0 Å². The molecule has 0 amide bonds. The molecular formula is C4H8CaO2. The molecule has 1 atom stereocenters. The Morgan fingerprint density at radius 3 is 2.00 bits per heavy atom. The number of rotatable bonds is 2. The third kappa shape index (κ3) is 11.0. The molecule has 2 nitrogen and oxygen atoms in total. The normalized spacial score (nSPS) is 12.4. The molecule has 0 saturated carbocycles. The molecule has 0 bridgehead atoms. The van der Waals surface area contributed by atoms with Gasteiger partial charge < -0.3 is 10.2 Å². The Balaban J connectivity index is 0. The van der Waals surface area contributed by atoms with Crippen molar-refractivity contribution in [3.8, 4) is 0 Å². The second kappa shape index (κ2) is 7.18. The largest absolute Gasteiger partial charge is 2.00 e. The fourth-order valence-electron chi connectivity index (χ4n) is 0.166. The topological polar surface area (TPSA) is 46.1 Å². The Kier molecular flexibility index (Phi) is 11.3. The molecule has 0 aliphatic carbocycles. The van der Waals surface area contributed by atoms with Crippen molar-refractivity contribution < 1.29 is 10.2 Å². The smallest absolute Gasteiger partial charge is 0.854 e. The fraction of sp³-hybridized carbons (Fsp3) is 1.00. The third-order valence-electron chi connectivity index (χ3n) is 0.524. The van der Waals surface area contributed by atoms with E-state index in [1.165, 1.54) is 6.92 Å². The van der Waals surface area contributed by atoms with Crippen LogP contribution in [0, 0.1) is 0 Å². The monoisotopic (exact) mass is 128 g/mol. The summed E-state index contributed by atoms with van der Waals surface area (Å²) in [5, 5.41) is 19.5. The van der Waals surface area contributed by atoms with Gasteiger partial charge in [0.25, 0.3) is 0 Å². The zero-order valence-electron chi connectivity index (χ0n) is 4.52. The van der Waals surface area contributed by atoms with E-state index in [9.17, 15) is 10.2 Å². The van der Waals surface area contributed by atoms with Crippen molar-refractivity contribution >= 4 is 37.7 Å². The summed E-state index contributed by atoms with van der Waals surface area (Å²) in [6.07, 6.45) is -0.400. The average Bonchev–Trinajstić information content (AvgIpc) is 1.35. The van der Waals surface area contributed by atoms with Crippen LogP contribution in [0.3, 0.4) is 0 Å². The summed E-state index contributed by atoms with van der Waals surface area (Å²) in [5.74, 6) is 0. The molecule has 0 rings (SSSR count). The van der Waals surface area contributed by atoms with Crippen molar-refractivity contribution in [3.63, 3.8) is 0 Å². The van der Waals surface area contributed by atoms with Gasteiger partial charge in [0, 0.05) is 0 Å². The van der Waals surface area contributed by atoms with Gasteiger partial charge in [-0.2, -0.15) is 0 Å². The van der Waals surface area contributed by atoms with Crippen LogP contribution in [0.25, 0.3) is 0 Å². The first kappa shape index (κ1) is 11.0. The van der Waals surface area contributed by atoms with Gasteiger partial charge in [0.2, 0.25) is 0 Å². The zero-order chi connectivity index (χ0) is 4.99. The van der Waals surface area contributed by atoms with Gasteiger partial charge in [0.15, 0.2) is 0 Å². The molecule has 7 heavy (non-hydrogen) atoms. The predicted octanol–water partition coefficient (Wildman–Crippen LogP) is -1.90. The maximum Gasteiger partial charge on any atom is 2.00 e. The van der Waals surface area contributed by atoms with Gasteiger partial charge >= 0.3 is 37.7 Å². The summed E-state index contributed by atoms with van der Waals surface area (Å²) in [5.41, 5.74) is 0. The SMILES string of the molecule is CC([O-])CC[O-].[Ca+2]. The van der Waals surface area contributed by atoms with Crippen LogP contribution in [-0.4, -0.2) is 50.4 Å². The van der Waals surface area contributed by atoms with E-state index in [4.69, 9.17) is 0 Å². The first-order chi connectivity index (χ1) is 2.77. The zero-order valence-corrected chi connectivity index (χ0v) is 6.72. The predicted molar refractivity (Wildman–Crippen MR) is 24.7 cm³/mol. The Hall–Kier alpha value is 1.18. The molecule has 0 aliphatic heterocycles. The summed E-state index contributed by atoms with van der Waals surface area (Å²) in [7, 11) is 0. The van der Waals surface area contributed by atoms with E-state index in [-0.39, 0.29) is 50.8 Å². The van der Waals surface area contributed by atoms with E-state index in [0.29, 0.717) is 0 Å². The molecule has 0 aromatic carbocycles. The Bertz CT molecular complexity index is 30.9. The van der Waals surface area contributed by atoms with E-state index in [1.807, 2.05) is 0 Å². The molecule has 0 fully saturated rings. The minimum absolute atomic E-state index is 0. The van der Waals surface area contributed by atoms with Crippen LogP contribution in [0.2, 0.25) is 0 Å². The first-order valence-electron chi connectivity index (χ1n) is 2.01. The van der Waals surface area contributed by atoms with Crippen LogP contribution in [-0.2, 0) is 0 Å². The standard InChI is InChI=1S/C4H8O2.Ca/c1-4(6)2-3-5;/h4H,2-3H2,1H3;/q-2;+2. The molecule has 0 aliphatic rings. The summed E-state index contributed by atoms with van der Waals surface area (Å²) in [4.78, 5) is 0. The van der Waals surface area contributed by atoms with E-state index in [1.54, 1.807) is 0 Å². The Morgan fingerprint density at radius 1 is 1.57 bits per heavy atom. The summed E-state index contributed by atoms with van der Waals surface area (Å²) in [6, 6.07) is 0. The van der Waals surface area contributed by atoms with Crippen LogP contribution < -0.4 is 10.2 Å². The average molecular weight is 128 g/mol. The summed E-state index contributed by atoms with van der Waals surface area (Å²) < 4.78 is 0. The fourth-order valence-corrected chi connectivity index (χ4v) is 0.166. The molecule has 0 N–H and O–H groups in total. The van der Waals surface area contributed by atoms with Crippen LogP contribution in [0.4, 0.5) is 0 Å². The molecular weight excluding hydrogens is 120 g/mol. The molecule has 0 aromatic heterocycles. The summed E-state index contributed by atoms with van der Waals surface area (Å²) in [6.45, 7) is 1.27. The van der Waals surface area contributed by atoms with E-state index in [0.717, 1.165) is 0 Å². The van der Waals surface area contributed by atoms with E-state index >= 15 is 0 Å². The Morgan fingerprint density at radius 2 is 2.00 bits per heavy atom. The molecule has 0 aromatic rings. The maximum atomic E-state index is 9.93. The van der Waals surface area contributed by atoms with Crippen molar-refractivity contribution in [2.24, 2.45) is 0 Å². The molecule has 0 saturated heterocycles. The molecule has 0 spiro atoms. The van der Waals surface area contributed by atoms with Crippen molar-refractivity contribution in [1.29, 1.82) is 0 Å². The van der Waals surface area contributed by atoms with Crippen molar-refractivity contribution in [2.45, 2.75) is 19.4 Å². The van der Waals surface area contributed by atoms with Gasteiger partial charge in [-0.3, -0.25) is 0 Å². The van der Waals surface area contributed by atoms with Gasteiger partial charge in [0.05, 0.1) is 0 Å². The second-order valence-corrected chi connectivity index (χ2v) is 1.30. The van der Waals surface area contributed by atoms with Crippen molar-refractivity contribution in [1.82, 2.24) is 0 Å². The second-order valence-electron chi connectivity index (χ2n) is 1.30. The van der Waals surface area contributed by atoms with E-state index < -0.39 is 6.10 Å². The summed E-state index contributed by atoms with van der Waals surface area (Å²) >= 11 is 0. The van der Waals surface area contributed by atoms with Crippen LogP contribution in [0.5, 0.6) is 0 Å². The van der Waals surface area contributed by atoms with Gasteiger partial charge in [-0.25, -0.2) is 0 Å². The van der Waals surface area contributed by atoms with Crippen LogP contribution >= 0.6 is 0 Å². The van der Waals surface area contributed by atoms with Crippen LogP contribution in [0.15, 0.2) is 0 Å². The molecule has 0 heterocycles.